The highest BCUT2D eigenvalue weighted by molar-refractivity contribution is 6.42. The van der Waals surface area contributed by atoms with Crippen LogP contribution in [0, 0.1) is 0 Å². The van der Waals surface area contributed by atoms with Crippen LogP contribution in [0.3, 0.4) is 0 Å². The molecule has 0 unspecified atom stereocenters. The Labute approximate surface area is 181 Å². The van der Waals surface area contributed by atoms with Crippen LogP contribution in [0.2, 0.25) is 10.0 Å². The number of carbonyl (C=O) groups excluding carboxylic acids is 3. The monoisotopic (exact) mass is 438 g/mol. The molecule has 0 saturated heterocycles. The van der Waals surface area contributed by atoms with Gasteiger partial charge in [0.2, 0.25) is 0 Å². The van der Waals surface area contributed by atoms with Crippen molar-refractivity contribution in [2.24, 2.45) is 0 Å². The van der Waals surface area contributed by atoms with E-state index in [4.69, 9.17) is 27.9 Å². The summed E-state index contributed by atoms with van der Waals surface area (Å²) in [7, 11) is 0. The number of carbonyl (C=O) groups is 3. The predicted octanol–water partition coefficient (Wildman–Crippen LogP) is 5.06. The summed E-state index contributed by atoms with van der Waals surface area (Å²) < 4.78 is 5.88. The van der Waals surface area contributed by atoms with Gasteiger partial charge in [-0.25, -0.2) is 0 Å². The van der Waals surface area contributed by atoms with Crippen molar-refractivity contribution in [2.45, 2.75) is 0 Å². The molecule has 6 nitrogen and oxygen atoms in total. The number of benzene rings is 3. The molecule has 2 aliphatic heterocycles. The number of imide groups is 1. The summed E-state index contributed by atoms with van der Waals surface area (Å²) in [5, 5.41) is 0.231. The Balaban J connectivity index is 1.53. The topological polar surface area (TPSA) is 66.9 Å². The number of hydrogen-bond donors (Lipinski definition) is 0. The normalized spacial score (nSPS) is 14.2. The minimum Gasteiger partial charge on any atom is -0.453 e. The Kier molecular flexibility index (Phi) is 4.27. The molecule has 0 atom stereocenters. The van der Waals surface area contributed by atoms with Crippen LogP contribution in [0.25, 0.3) is 0 Å². The number of hydrogen-bond acceptors (Lipinski definition) is 4. The third kappa shape index (κ3) is 2.69. The molecule has 0 N–H and O–H groups in total. The molecule has 8 heteroatoms. The van der Waals surface area contributed by atoms with Crippen LogP contribution < -0.4 is 9.64 Å². The van der Waals surface area contributed by atoms with Crippen LogP contribution in [0.5, 0.6) is 11.5 Å². The summed E-state index contributed by atoms with van der Waals surface area (Å²) in [4.78, 5) is 41.4. The zero-order valence-electron chi connectivity index (χ0n) is 15.3. The molecule has 2 aliphatic rings. The number of anilines is 2. The molecule has 0 aliphatic carbocycles. The van der Waals surface area contributed by atoms with E-state index in [9.17, 15) is 14.4 Å². The number of halogens is 2. The molecule has 3 amide bonds. The molecule has 2 heterocycles. The van der Waals surface area contributed by atoms with Gasteiger partial charge in [0.25, 0.3) is 17.7 Å². The Hall–Kier alpha value is -3.35. The molecule has 0 spiro atoms. The highest BCUT2D eigenvalue weighted by atomic mass is 35.5. The van der Waals surface area contributed by atoms with Gasteiger partial charge in [-0.1, -0.05) is 47.5 Å². The van der Waals surface area contributed by atoms with Crippen molar-refractivity contribution in [1.29, 1.82) is 0 Å². The lowest BCUT2D eigenvalue weighted by Gasteiger charge is -2.31. The minimum absolute atomic E-state index is 0.0183. The summed E-state index contributed by atoms with van der Waals surface area (Å²) in [6, 6.07) is 17.0. The molecular formula is C22H12Cl2N2O4. The lowest BCUT2D eigenvalue weighted by atomic mass is 10.1. The molecule has 0 saturated carbocycles. The maximum absolute atomic E-state index is 13.3. The van der Waals surface area contributed by atoms with E-state index in [-0.39, 0.29) is 21.2 Å². The predicted molar refractivity (Wildman–Crippen MR) is 112 cm³/mol. The number of ether oxygens (including phenoxy) is 1. The largest absolute Gasteiger partial charge is 0.453 e. The summed E-state index contributed by atoms with van der Waals surface area (Å²) in [6.45, 7) is -0.471. The molecule has 0 aromatic heterocycles. The van der Waals surface area contributed by atoms with Gasteiger partial charge >= 0.3 is 0 Å². The van der Waals surface area contributed by atoms with Gasteiger partial charge in [-0.3, -0.25) is 24.2 Å². The van der Waals surface area contributed by atoms with E-state index in [1.54, 1.807) is 48.5 Å². The first-order valence-corrected chi connectivity index (χ1v) is 9.76. The van der Waals surface area contributed by atoms with E-state index in [0.29, 0.717) is 22.9 Å². The van der Waals surface area contributed by atoms with E-state index < -0.39 is 24.3 Å². The average molecular weight is 439 g/mol. The first-order chi connectivity index (χ1) is 14.5. The van der Waals surface area contributed by atoms with Crippen LogP contribution in [-0.4, -0.2) is 29.2 Å². The van der Waals surface area contributed by atoms with Crippen molar-refractivity contribution < 1.29 is 19.1 Å². The fourth-order valence-corrected chi connectivity index (χ4v) is 4.13. The highest BCUT2D eigenvalue weighted by Gasteiger charge is 2.41. The Morgan fingerprint density at radius 3 is 1.73 bits per heavy atom. The zero-order valence-corrected chi connectivity index (χ0v) is 16.8. The lowest BCUT2D eigenvalue weighted by molar-refractivity contribution is -0.118. The molecule has 0 fully saturated rings. The number of para-hydroxylation sites is 4. The van der Waals surface area contributed by atoms with Gasteiger partial charge in [-0.05, 0) is 36.4 Å². The summed E-state index contributed by atoms with van der Waals surface area (Å²) >= 11 is 12.2. The van der Waals surface area contributed by atoms with Crippen molar-refractivity contribution in [2.75, 3.05) is 11.4 Å². The zero-order chi connectivity index (χ0) is 21.0. The van der Waals surface area contributed by atoms with Crippen molar-refractivity contribution >= 4 is 52.3 Å². The first-order valence-electron chi connectivity index (χ1n) is 9.00. The van der Waals surface area contributed by atoms with Gasteiger partial charge in [0, 0.05) is 0 Å². The van der Waals surface area contributed by atoms with E-state index in [1.165, 1.54) is 17.0 Å². The van der Waals surface area contributed by atoms with Crippen molar-refractivity contribution in [3.8, 4) is 11.5 Å². The molecule has 5 rings (SSSR count). The molecule has 30 heavy (non-hydrogen) atoms. The van der Waals surface area contributed by atoms with E-state index in [2.05, 4.69) is 0 Å². The minimum atomic E-state index is -0.648. The number of nitrogens with zero attached hydrogens (tertiary/aromatic N) is 2. The maximum atomic E-state index is 13.3. The third-order valence-corrected chi connectivity index (χ3v) is 5.63. The Morgan fingerprint density at radius 2 is 1.23 bits per heavy atom. The number of amides is 3. The molecule has 0 bridgehead atoms. The van der Waals surface area contributed by atoms with Gasteiger partial charge in [0.15, 0.2) is 11.5 Å². The highest BCUT2D eigenvalue weighted by Crippen LogP contribution is 2.46. The van der Waals surface area contributed by atoms with Gasteiger partial charge in [-0.2, -0.15) is 0 Å². The van der Waals surface area contributed by atoms with Gasteiger partial charge in [-0.15, -0.1) is 0 Å². The summed E-state index contributed by atoms with van der Waals surface area (Å²) in [6.07, 6.45) is 0. The van der Waals surface area contributed by atoms with Crippen LogP contribution >= 0.6 is 23.2 Å². The van der Waals surface area contributed by atoms with E-state index >= 15 is 0 Å². The maximum Gasteiger partial charge on any atom is 0.263 e. The smallest absolute Gasteiger partial charge is 0.263 e. The van der Waals surface area contributed by atoms with Crippen LogP contribution in [0.1, 0.15) is 20.7 Å². The second-order valence-corrected chi connectivity index (χ2v) is 7.56. The number of fused-ring (bicyclic) bond motifs is 3. The standard InChI is InChI=1S/C22H12Cl2N2O4/c23-12-9-10-13(24)20-19(12)21(28)25(22(20)29)11-18(27)26-14-5-1-3-7-16(14)30-17-8-4-2-6-15(17)26/h1-10H,11H2. The van der Waals surface area contributed by atoms with Crippen molar-refractivity contribution in [3.63, 3.8) is 0 Å². The van der Waals surface area contributed by atoms with Gasteiger partial charge < -0.3 is 4.74 Å². The fraction of sp³-hybridized carbons (Fsp3) is 0.0455. The Morgan fingerprint density at radius 1 is 0.767 bits per heavy atom. The Bertz CT molecular complexity index is 1170. The SMILES string of the molecule is O=C1c2c(Cl)ccc(Cl)c2C(=O)N1CC(=O)N1c2ccccc2Oc2ccccc21. The van der Waals surface area contributed by atoms with Crippen LogP contribution in [-0.2, 0) is 4.79 Å². The van der Waals surface area contributed by atoms with Gasteiger partial charge in [0.05, 0.1) is 32.5 Å². The van der Waals surface area contributed by atoms with Crippen molar-refractivity contribution in [1.82, 2.24) is 4.90 Å². The quantitative estimate of drug-likeness (QED) is 0.524. The third-order valence-electron chi connectivity index (χ3n) is 5.00. The second-order valence-electron chi connectivity index (χ2n) is 6.74. The number of rotatable bonds is 2. The summed E-state index contributed by atoms with van der Waals surface area (Å²) in [5.74, 6) is -0.771. The second kappa shape index (κ2) is 6.86. The first kappa shape index (κ1) is 18.7. The molecule has 148 valence electrons. The van der Waals surface area contributed by atoms with Crippen molar-refractivity contribution in [3.05, 3.63) is 81.8 Å². The van der Waals surface area contributed by atoms with Crippen LogP contribution in [0.4, 0.5) is 11.4 Å². The average Bonchev–Trinajstić information content (AvgIpc) is 3.00. The molecular weight excluding hydrogens is 427 g/mol. The molecule has 3 aromatic carbocycles. The lowest BCUT2D eigenvalue weighted by Crippen LogP contribution is -2.41. The fourth-order valence-electron chi connectivity index (χ4n) is 3.66. The molecule has 3 aromatic rings. The van der Waals surface area contributed by atoms with E-state index in [1.807, 2.05) is 0 Å². The summed E-state index contributed by atoms with van der Waals surface area (Å²) in [5.41, 5.74) is 1.08. The van der Waals surface area contributed by atoms with E-state index in [0.717, 1.165) is 4.90 Å². The van der Waals surface area contributed by atoms with Crippen LogP contribution in [0.15, 0.2) is 60.7 Å². The van der Waals surface area contributed by atoms with Gasteiger partial charge in [0.1, 0.15) is 6.54 Å². The molecule has 0 radical (unpaired) electrons.